The van der Waals surface area contributed by atoms with E-state index in [4.69, 9.17) is 0 Å². The zero-order valence-electron chi connectivity index (χ0n) is 19.9. The Hall–Kier alpha value is -3.26. The third-order valence-electron chi connectivity index (χ3n) is 7.18. The van der Waals surface area contributed by atoms with Crippen LogP contribution in [0.25, 0.3) is 10.8 Å². The predicted molar refractivity (Wildman–Crippen MR) is 150 cm³/mol. The topological polar surface area (TPSA) is 20.3 Å². The second-order valence-electron chi connectivity index (χ2n) is 9.06. The fraction of sp³-hybridized carbons (Fsp3) is 0.0938. The molecule has 0 spiro atoms. The summed E-state index contributed by atoms with van der Waals surface area (Å²) in [6.07, 6.45) is 0.831. The highest BCUT2D eigenvalue weighted by atomic mass is 79.9. The van der Waals surface area contributed by atoms with Gasteiger partial charge >= 0.3 is 0 Å². The highest BCUT2D eigenvalue weighted by Crippen LogP contribution is 2.62. The van der Waals surface area contributed by atoms with Crippen LogP contribution in [-0.4, -0.2) is 18.1 Å². The summed E-state index contributed by atoms with van der Waals surface area (Å²) >= 11 is 0. The quantitative estimate of drug-likeness (QED) is 0.307. The van der Waals surface area contributed by atoms with E-state index in [-0.39, 0.29) is 28.5 Å². The molecule has 0 saturated carbocycles. The van der Waals surface area contributed by atoms with Gasteiger partial charge in [-0.2, -0.15) is 0 Å². The van der Waals surface area contributed by atoms with Crippen molar-refractivity contribution in [1.29, 1.82) is 0 Å². The summed E-state index contributed by atoms with van der Waals surface area (Å²) in [5.74, 6) is 0.227. The molecule has 5 aromatic carbocycles. The third-order valence-corrected chi connectivity index (χ3v) is 11.9. The Morgan fingerprint density at radius 3 is 1.58 bits per heavy atom. The molecule has 5 aromatic rings. The van der Waals surface area contributed by atoms with Crippen molar-refractivity contribution in [3.8, 4) is 0 Å². The Labute approximate surface area is 223 Å². The first kappa shape index (κ1) is 24.4. The number of benzene rings is 5. The zero-order valence-corrected chi connectivity index (χ0v) is 22.4. The fourth-order valence-electron chi connectivity index (χ4n) is 5.60. The van der Waals surface area contributed by atoms with Crippen molar-refractivity contribution < 1.29 is 21.8 Å². The minimum atomic E-state index is -2.25. The van der Waals surface area contributed by atoms with Crippen LogP contribution in [0, 0.1) is 0 Å². The second kappa shape index (κ2) is 10.4. The van der Waals surface area contributed by atoms with Crippen molar-refractivity contribution in [2.45, 2.75) is 12.1 Å². The lowest BCUT2D eigenvalue weighted by Crippen LogP contribution is -3.00. The van der Waals surface area contributed by atoms with Crippen molar-refractivity contribution >= 4 is 45.5 Å². The van der Waals surface area contributed by atoms with Crippen molar-refractivity contribution in [2.24, 2.45) is 0 Å². The lowest BCUT2D eigenvalue weighted by atomic mass is 10.1. The van der Waals surface area contributed by atoms with E-state index in [1.807, 2.05) is 4.90 Å². The number of amides is 1. The number of anilines is 1. The van der Waals surface area contributed by atoms with E-state index in [0.717, 1.165) is 24.0 Å². The zero-order chi connectivity index (χ0) is 23.7. The van der Waals surface area contributed by atoms with Crippen LogP contribution in [0.5, 0.6) is 0 Å². The molecule has 0 aromatic heterocycles. The number of carbonyl (C=O) groups is 1. The molecule has 0 bridgehead atoms. The first-order valence-corrected chi connectivity index (χ1v) is 14.0. The molecule has 1 unspecified atom stereocenters. The third kappa shape index (κ3) is 4.07. The van der Waals surface area contributed by atoms with Crippen LogP contribution in [0.4, 0.5) is 5.69 Å². The summed E-state index contributed by atoms with van der Waals surface area (Å²) in [7, 11) is -2.25. The standard InChI is InChI=1S/C32H27NOP.BrH/c34-32-31(22-23-33(32)27-21-20-25-12-10-11-13-26(25)24-27)35(28-14-4-1-5-15-28,29-16-6-2-7-17-29)30-18-8-3-9-19-30;/h1-21,24,31H,22-23H2;1H/q+1;/p-1. The molecule has 6 rings (SSSR count). The van der Waals surface area contributed by atoms with Gasteiger partial charge in [0.15, 0.2) is 5.66 Å². The minimum Gasteiger partial charge on any atom is -1.00 e. The number of hydrogen-bond donors (Lipinski definition) is 0. The smallest absolute Gasteiger partial charge is 0.268 e. The normalized spacial score (nSPS) is 15.6. The predicted octanol–water partition coefficient (Wildman–Crippen LogP) is 2.94. The Bertz CT molecular complexity index is 1380. The van der Waals surface area contributed by atoms with Gasteiger partial charge in [-0.25, -0.2) is 0 Å². The van der Waals surface area contributed by atoms with Gasteiger partial charge in [0.2, 0.25) is 0 Å². The molecular formula is C32H27BrNOP. The number of carbonyl (C=O) groups excluding carboxylic acids is 1. The average Bonchev–Trinajstić information content (AvgIpc) is 3.32. The van der Waals surface area contributed by atoms with Gasteiger partial charge in [0.1, 0.15) is 23.2 Å². The lowest BCUT2D eigenvalue weighted by molar-refractivity contribution is -0.116. The van der Waals surface area contributed by atoms with E-state index >= 15 is 0 Å². The second-order valence-corrected chi connectivity index (χ2v) is 12.7. The van der Waals surface area contributed by atoms with Crippen molar-refractivity contribution in [3.63, 3.8) is 0 Å². The number of halogens is 1. The van der Waals surface area contributed by atoms with Crippen LogP contribution in [-0.2, 0) is 4.79 Å². The van der Waals surface area contributed by atoms with Crippen molar-refractivity contribution in [1.82, 2.24) is 0 Å². The molecular weight excluding hydrogens is 525 g/mol. The summed E-state index contributed by atoms with van der Waals surface area (Å²) in [5, 5.41) is 6.14. The maximum absolute atomic E-state index is 14.4. The van der Waals surface area contributed by atoms with E-state index in [1.165, 1.54) is 21.3 Å². The highest BCUT2D eigenvalue weighted by Gasteiger charge is 2.58. The number of fused-ring (bicyclic) bond motifs is 1. The van der Waals surface area contributed by atoms with Crippen molar-refractivity contribution in [2.75, 3.05) is 11.4 Å². The van der Waals surface area contributed by atoms with Crippen molar-refractivity contribution in [3.05, 3.63) is 133 Å². The van der Waals surface area contributed by atoms with Gasteiger partial charge in [-0.1, -0.05) is 84.9 Å². The molecule has 0 N–H and O–H groups in total. The Balaban J connectivity index is 0.00000267. The Kier molecular flexibility index (Phi) is 7.05. The van der Waals surface area contributed by atoms with E-state index in [2.05, 4.69) is 133 Å². The summed E-state index contributed by atoms with van der Waals surface area (Å²) < 4.78 is 0. The SMILES string of the molecule is O=C1C([P+](c2ccccc2)(c2ccccc2)c2ccccc2)CCN1c1ccc2ccccc2c1.[Br-]. The number of nitrogens with zero attached hydrogens (tertiary/aromatic N) is 1. The Morgan fingerprint density at radius 2 is 1.06 bits per heavy atom. The van der Waals surface area contributed by atoms with Crippen LogP contribution in [0.1, 0.15) is 6.42 Å². The summed E-state index contributed by atoms with van der Waals surface area (Å²) in [6.45, 7) is 0.732. The Morgan fingerprint density at radius 1 is 0.583 bits per heavy atom. The molecule has 1 aliphatic rings. The first-order valence-electron chi connectivity index (χ1n) is 12.1. The van der Waals surface area contributed by atoms with Gasteiger partial charge in [0, 0.05) is 18.7 Å². The molecule has 1 atom stereocenters. The van der Waals surface area contributed by atoms with Gasteiger partial charge in [-0.05, 0) is 59.3 Å². The van der Waals surface area contributed by atoms with E-state index in [9.17, 15) is 4.79 Å². The number of rotatable bonds is 5. The molecule has 1 amide bonds. The number of hydrogen-bond acceptors (Lipinski definition) is 1. The first-order chi connectivity index (χ1) is 17.3. The van der Waals surface area contributed by atoms with Gasteiger partial charge in [0.05, 0.1) is 0 Å². The molecule has 0 radical (unpaired) electrons. The van der Waals surface area contributed by atoms with Crippen LogP contribution in [0.15, 0.2) is 133 Å². The summed E-state index contributed by atoms with van der Waals surface area (Å²) in [6, 6.07) is 46.9. The molecule has 1 fully saturated rings. The average molecular weight is 552 g/mol. The van der Waals surface area contributed by atoms with Crippen LogP contribution >= 0.6 is 7.26 Å². The van der Waals surface area contributed by atoms with Crippen LogP contribution in [0.3, 0.4) is 0 Å². The molecule has 36 heavy (non-hydrogen) atoms. The largest absolute Gasteiger partial charge is 1.00 e. The van der Waals surface area contributed by atoms with Gasteiger partial charge in [-0.3, -0.25) is 4.79 Å². The summed E-state index contributed by atoms with van der Waals surface area (Å²) in [4.78, 5) is 16.4. The van der Waals surface area contributed by atoms with E-state index in [1.54, 1.807) is 0 Å². The molecule has 178 valence electrons. The van der Waals surface area contributed by atoms with Gasteiger partial charge < -0.3 is 21.9 Å². The van der Waals surface area contributed by atoms with Gasteiger partial charge in [0.25, 0.3) is 5.91 Å². The van der Waals surface area contributed by atoms with E-state index < -0.39 is 7.26 Å². The maximum Gasteiger partial charge on any atom is 0.268 e. The maximum atomic E-state index is 14.4. The molecule has 0 aliphatic carbocycles. The summed E-state index contributed by atoms with van der Waals surface area (Å²) in [5.41, 5.74) is 0.879. The van der Waals surface area contributed by atoms with Crippen LogP contribution in [0.2, 0.25) is 0 Å². The molecule has 1 heterocycles. The van der Waals surface area contributed by atoms with E-state index in [0.29, 0.717) is 0 Å². The molecule has 4 heteroatoms. The molecule has 1 saturated heterocycles. The van der Waals surface area contributed by atoms with Gasteiger partial charge in [-0.15, -0.1) is 0 Å². The highest BCUT2D eigenvalue weighted by molar-refractivity contribution is 7.97. The molecule has 2 nitrogen and oxygen atoms in total. The fourth-order valence-corrected chi connectivity index (χ4v) is 10.5. The minimum absolute atomic E-state index is 0. The molecule has 1 aliphatic heterocycles. The lowest BCUT2D eigenvalue weighted by Gasteiger charge is -2.32. The van der Waals surface area contributed by atoms with Crippen LogP contribution < -0.4 is 37.8 Å². The monoisotopic (exact) mass is 551 g/mol.